The monoisotopic (exact) mass is 231 g/mol. The van der Waals surface area contributed by atoms with E-state index in [0.717, 1.165) is 6.42 Å². The van der Waals surface area contributed by atoms with Crippen LogP contribution in [0.25, 0.3) is 0 Å². The molecule has 16 heavy (non-hydrogen) atoms. The summed E-state index contributed by atoms with van der Waals surface area (Å²) in [5, 5.41) is 8.45. The summed E-state index contributed by atoms with van der Waals surface area (Å²) in [5.41, 5.74) is -0.474. The zero-order valence-electron chi connectivity index (χ0n) is 10.4. The van der Waals surface area contributed by atoms with Crippen LogP contribution in [-0.2, 0) is 9.53 Å². The molecule has 0 saturated carbocycles. The van der Waals surface area contributed by atoms with Gasteiger partial charge < -0.3 is 14.7 Å². The standard InChI is InChI=1S/C11H21NO4/c1-5-11(2,3)16-10(15)12(4)8-6-7-9(13)14/h5-8H2,1-4H3,(H,13,14). The fourth-order valence-corrected chi connectivity index (χ4v) is 0.945. The third-order valence-electron chi connectivity index (χ3n) is 2.41. The zero-order chi connectivity index (χ0) is 12.8. The molecule has 0 aliphatic carbocycles. The number of aliphatic carboxylic acids is 1. The minimum Gasteiger partial charge on any atom is -0.481 e. The maximum atomic E-state index is 11.5. The van der Waals surface area contributed by atoms with Gasteiger partial charge >= 0.3 is 12.1 Å². The van der Waals surface area contributed by atoms with Crippen molar-refractivity contribution in [1.29, 1.82) is 0 Å². The number of carbonyl (C=O) groups excluding carboxylic acids is 1. The Morgan fingerprint density at radius 3 is 2.38 bits per heavy atom. The summed E-state index contributed by atoms with van der Waals surface area (Å²) in [5.74, 6) is -0.851. The van der Waals surface area contributed by atoms with Gasteiger partial charge in [-0.1, -0.05) is 6.92 Å². The highest BCUT2D eigenvalue weighted by Crippen LogP contribution is 2.15. The summed E-state index contributed by atoms with van der Waals surface area (Å²) < 4.78 is 5.25. The Labute approximate surface area is 96.4 Å². The number of hydrogen-bond acceptors (Lipinski definition) is 3. The molecule has 5 heteroatoms. The highest BCUT2D eigenvalue weighted by Gasteiger charge is 2.22. The first-order chi connectivity index (χ1) is 7.28. The summed E-state index contributed by atoms with van der Waals surface area (Å²) in [6, 6.07) is 0. The van der Waals surface area contributed by atoms with E-state index in [1.165, 1.54) is 4.90 Å². The predicted molar refractivity (Wildman–Crippen MR) is 60.4 cm³/mol. The van der Waals surface area contributed by atoms with Gasteiger partial charge in [-0.3, -0.25) is 4.79 Å². The van der Waals surface area contributed by atoms with Gasteiger partial charge in [0.1, 0.15) is 5.60 Å². The predicted octanol–water partition coefficient (Wildman–Crippen LogP) is 2.11. The second kappa shape index (κ2) is 6.35. The van der Waals surface area contributed by atoms with E-state index in [2.05, 4.69) is 0 Å². The maximum Gasteiger partial charge on any atom is 0.410 e. The minimum absolute atomic E-state index is 0.0643. The molecule has 0 rings (SSSR count). The van der Waals surface area contributed by atoms with E-state index >= 15 is 0 Å². The number of carboxylic acid groups (broad SMARTS) is 1. The van der Waals surface area contributed by atoms with Crippen LogP contribution in [0.1, 0.15) is 40.0 Å². The number of hydrogen-bond donors (Lipinski definition) is 1. The third-order valence-corrected chi connectivity index (χ3v) is 2.41. The molecular formula is C11H21NO4. The van der Waals surface area contributed by atoms with Gasteiger partial charge in [0.05, 0.1) is 0 Å². The van der Waals surface area contributed by atoms with Crippen molar-refractivity contribution < 1.29 is 19.4 Å². The first-order valence-electron chi connectivity index (χ1n) is 5.44. The Bertz CT molecular complexity index is 250. The van der Waals surface area contributed by atoms with E-state index in [0.29, 0.717) is 13.0 Å². The highest BCUT2D eigenvalue weighted by molar-refractivity contribution is 5.68. The second-order valence-electron chi connectivity index (χ2n) is 4.40. The number of rotatable bonds is 6. The molecule has 0 unspecified atom stereocenters. The highest BCUT2D eigenvalue weighted by atomic mass is 16.6. The fourth-order valence-electron chi connectivity index (χ4n) is 0.945. The SMILES string of the molecule is CCC(C)(C)OC(=O)N(C)CCCC(=O)O. The second-order valence-corrected chi connectivity index (χ2v) is 4.40. The number of carbonyl (C=O) groups is 2. The Kier molecular flexibility index (Phi) is 5.85. The molecule has 0 aromatic carbocycles. The molecule has 0 heterocycles. The molecule has 0 bridgehead atoms. The van der Waals surface area contributed by atoms with Crippen molar-refractivity contribution in [1.82, 2.24) is 4.90 Å². The van der Waals surface area contributed by atoms with Gasteiger partial charge in [-0.25, -0.2) is 4.79 Å². The molecule has 0 radical (unpaired) electrons. The topological polar surface area (TPSA) is 66.8 Å². The minimum atomic E-state index is -0.851. The molecule has 1 amide bonds. The van der Waals surface area contributed by atoms with Crippen molar-refractivity contribution in [3.8, 4) is 0 Å². The van der Waals surface area contributed by atoms with E-state index in [1.807, 2.05) is 20.8 Å². The molecule has 0 spiro atoms. The number of nitrogens with zero attached hydrogens (tertiary/aromatic N) is 1. The van der Waals surface area contributed by atoms with E-state index in [-0.39, 0.29) is 6.42 Å². The van der Waals surface area contributed by atoms with Gasteiger partial charge in [0.2, 0.25) is 0 Å². The smallest absolute Gasteiger partial charge is 0.410 e. The lowest BCUT2D eigenvalue weighted by Gasteiger charge is -2.26. The zero-order valence-corrected chi connectivity index (χ0v) is 10.4. The molecule has 0 atom stereocenters. The third kappa shape index (κ3) is 6.27. The molecule has 0 aromatic heterocycles. The van der Waals surface area contributed by atoms with Crippen LogP contribution in [0.4, 0.5) is 4.79 Å². The van der Waals surface area contributed by atoms with Crippen LogP contribution in [0, 0.1) is 0 Å². The number of carboxylic acids is 1. The van der Waals surface area contributed by atoms with E-state index in [4.69, 9.17) is 9.84 Å². The van der Waals surface area contributed by atoms with Crippen molar-refractivity contribution >= 4 is 12.1 Å². The van der Waals surface area contributed by atoms with Crippen molar-refractivity contribution in [3.05, 3.63) is 0 Å². The summed E-state index contributed by atoms with van der Waals surface area (Å²) in [6.45, 7) is 6.02. The van der Waals surface area contributed by atoms with Crippen LogP contribution in [0.2, 0.25) is 0 Å². The Morgan fingerprint density at radius 1 is 1.38 bits per heavy atom. The van der Waals surface area contributed by atoms with Gasteiger partial charge in [-0.05, 0) is 26.7 Å². The van der Waals surface area contributed by atoms with Gasteiger partial charge in [0.25, 0.3) is 0 Å². The molecule has 94 valence electrons. The van der Waals surface area contributed by atoms with E-state index in [9.17, 15) is 9.59 Å². The van der Waals surface area contributed by atoms with Gasteiger partial charge in [-0.2, -0.15) is 0 Å². The normalized spacial score (nSPS) is 11.0. The lowest BCUT2D eigenvalue weighted by molar-refractivity contribution is -0.137. The van der Waals surface area contributed by atoms with Gasteiger partial charge in [-0.15, -0.1) is 0 Å². The van der Waals surface area contributed by atoms with Crippen LogP contribution in [0.3, 0.4) is 0 Å². The molecule has 0 aromatic rings. The number of ether oxygens (including phenoxy) is 1. The first-order valence-corrected chi connectivity index (χ1v) is 5.44. The summed E-state index contributed by atoms with van der Waals surface area (Å²) >= 11 is 0. The van der Waals surface area contributed by atoms with E-state index in [1.54, 1.807) is 7.05 Å². The summed E-state index contributed by atoms with van der Waals surface area (Å²) in [4.78, 5) is 23.2. The van der Waals surface area contributed by atoms with Gasteiger partial charge in [0.15, 0.2) is 0 Å². The lowest BCUT2D eigenvalue weighted by Crippen LogP contribution is -2.36. The molecular weight excluding hydrogens is 210 g/mol. The number of amides is 1. The van der Waals surface area contributed by atoms with Crippen molar-refractivity contribution in [2.24, 2.45) is 0 Å². The first kappa shape index (κ1) is 14.7. The van der Waals surface area contributed by atoms with Crippen LogP contribution >= 0.6 is 0 Å². The molecule has 0 fully saturated rings. The average Bonchev–Trinajstić information content (AvgIpc) is 2.16. The summed E-state index contributed by atoms with van der Waals surface area (Å²) in [6.07, 6.45) is 0.835. The lowest BCUT2D eigenvalue weighted by atomic mass is 10.1. The molecule has 1 N–H and O–H groups in total. The molecule has 0 aliphatic heterocycles. The van der Waals surface area contributed by atoms with E-state index < -0.39 is 17.7 Å². The molecule has 5 nitrogen and oxygen atoms in total. The van der Waals surface area contributed by atoms with Crippen molar-refractivity contribution in [3.63, 3.8) is 0 Å². The van der Waals surface area contributed by atoms with Crippen LogP contribution in [0.5, 0.6) is 0 Å². The Hall–Kier alpha value is -1.26. The molecule has 0 aliphatic rings. The van der Waals surface area contributed by atoms with Crippen molar-refractivity contribution in [2.75, 3.05) is 13.6 Å². The van der Waals surface area contributed by atoms with Crippen LogP contribution in [0.15, 0.2) is 0 Å². The Balaban J connectivity index is 3.95. The van der Waals surface area contributed by atoms with Gasteiger partial charge in [0, 0.05) is 20.0 Å². The quantitative estimate of drug-likeness (QED) is 0.760. The van der Waals surface area contributed by atoms with Crippen LogP contribution < -0.4 is 0 Å². The Morgan fingerprint density at radius 2 is 1.94 bits per heavy atom. The molecule has 0 saturated heterocycles. The average molecular weight is 231 g/mol. The maximum absolute atomic E-state index is 11.5. The van der Waals surface area contributed by atoms with Crippen LogP contribution in [-0.4, -0.2) is 41.3 Å². The fraction of sp³-hybridized carbons (Fsp3) is 0.818. The van der Waals surface area contributed by atoms with Crippen molar-refractivity contribution in [2.45, 2.75) is 45.6 Å². The largest absolute Gasteiger partial charge is 0.481 e. The summed E-state index contributed by atoms with van der Waals surface area (Å²) in [7, 11) is 1.61.